The number of alkyl halides is 2. The van der Waals surface area contributed by atoms with Gasteiger partial charge in [0.2, 0.25) is 0 Å². The molecule has 2 nitrogen and oxygen atoms in total. The average Bonchev–Trinajstić information content (AvgIpc) is 2.50. The topological polar surface area (TPSA) is 12.5 Å². The van der Waals surface area contributed by atoms with Crippen LogP contribution in [-0.2, 0) is 32.7 Å². The molecule has 123 valence electrons. The molecule has 0 amide bonds. The molecule has 1 aliphatic heterocycles. The van der Waals surface area contributed by atoms with Crippen LogP contribution in [0.25, 0.3) is 5.70 Å². The van der Waals surface area contributed by atoms with Gasteiger partial charge in [-0.1, -0.05) is 28.7 Å². The van der Waals surface area contributed by atoms with Crippen molar-refractivity contribution in [3.8, 4) is 18.1 Å². The van der Waals surface area contributed by atoms with E-state index in [1.807, 2.05) is 0 Å². The smallest absolute Gasteiger partial charge is 0.256 e. The van der Waals surface area contributed by atoms with Crippen molar-refractivity contribution < 1.29 is 50.6 Å². The van der Waals surface area contributed by atoms with E-state index in [1.165, 1.54) is 29.2 Å². The summed E-state index contributed by atoms with van der Waals surface area (Å²) in [6.07, 6.45) is 6.80. The first-order valence-electron chi connectivity index (χ1n) is 6.55. The Morgan fingerprint density at radius 1 is 1.42 bits per heavy atom. The van der Waals surface area contributed by atoms with Crippen LogP contribution in [0.2, 0.25) is 0 Å². The van der Waals surface area contributed by atoms with Crippen LogP contribution in [0.4, 0.5) is 13.2 Å². The van der Waals surface area contributed by atoms with Crippen molar-refractivity contribution >= 4 is 21.6 Å². The molecule has 24 heavy (non-hydrogen) atoms. The van der Waals surface area contributed by atoms with E-state index in [1.54, 1.807) is 0 Å². The monoisotopic (exact) mass is 471 g/mol. The summed E-state index contributed by atoms with van der Waals surface area (Å²) in [7, 11) is 0. The Labute approximate surface area is 172 Å². The first kappa shape index (κ1) is 21.0. The zero-order chi connectivity index (χ0) is 17.0. The first-order chi connectivity index (χ1) is 11.0. The zero-order valence-corrected chi connectivity index (χ0v) is 17.0. The maximum absolute atomic E-state index is 14.3. The number of hydrogen-bond donors (Lipinski definition) is 0. The third-order valence-electron chi connectivity index (χ3n) is 3.05. The molecule has 1 heterocycles. The number of benzene rings is 1. The van der Waals surface area contributed by atoms with Crippen LogP contribution in [0.5, 0.6) is 5.75 Å². The van der Waals surface area contributed by atoms with Gasteiger partial charge in [0.25, 0.3) is 6.43 Å². The van der Waals surface area contributed by atoms with Crippen LogP contribution >= 0.6 is 15.9 Å². The van der Waals surface area contributed by atoms with Gasteiger partial charge in [0, 0.05) is 32.7 Å². The van der Waals surface area contributed by atoms with E-state index in [4.69, 9.17) is 11.2 Å². The van der Waals surface area contributed by atoms with Gasteiger partial charge in [-0.15, -0.1) is 22.4 Å². The second-order valence-electron chi connectivity index (χ2n) is 4.54. The fourth-order valence-corrected chi connectivity index (χ4v) is 2.41. The van der Waals surface area contributed by atoms with Gasteiger partial charge in [0.05, 0.1) is 18.1 Å². The summed E-state index contributed by atoms with van der Waals surface area (Å²) < 4.78 is 45.9. The van der Waals surface area contributed by atoms with E-state index in [0.29, 0.717) is 4.48 Å². The molecule has 1 aromatic carbocycles. The number of rotatable bonds is 5. The van der Waals surface area contributed by atoms with Gasteiger partial charge in [-0.25, -0.2) is 13.2 Å². The molecule has 0 aliphatic carbocycles. The van der Waals surface area contributed by atoms with E-state index in [-0.39, 0.29) is 62.0 Å². The van der Waals surface area contributed by atoms with E-state index in [2.05, 4.69) is 34.5 Å². The van der Waals surface area contributed by atoms with Crippen molar-refractivity contribution in [2.45, 2.75) is 6.43 Å². The van der Waals surface area contributed by atoms with Crippen molar-refractivity contribution in [3.05, 3.63) is 58.5 Å². The molecule has 1 radical (unpaired) electrons. The molecule has 7 heteroatoms. The molecule has 0 spiro atoms. The van der Waals surface area contributed by atoms with E-state index in [9.17, 15) is 13.2 Å². The van der Waals surface area contributed by atoms with E-state index in [0.717, 1.165) is 0 Å². The van der Waals surface area contributed by atoms with Gasteiger partial charge in [-0.05, 0) is 23.4 Å². The first-order valence-corrected chi connectivity index (χ1v) is 7.34. The minimum Gasteiger partial charge on any atom is -0.493 e. The maximum Gasteiger partial charge on any atom is 0.256 e. The third kappa shape index (κ3) is 4.75. The Hall–Kier alpha value is -1.03. The molecule has 1 aromatic rings. The Morgan fingerprint density at radius 2 is 2.12 bits per heavy atom. The molecular weight excluding hydrogens is 460 g/mol. The minimum atomic E-state index is -2.64. The van der Waals surface area contributed by atoms with Crippen LogP contribution in [0, 0.1) is 24.2 Å². The number of terminal acetylenes is 1. The molecule has 0 bridgehead atoms. The molecule has 0 aromatic heterocycles. The summed E-state index contributed by atoms with van der Waals surface area (Å²) in [6, 6.07) is 4.18. The zero-order valence-electron chi connectivity index (χ0n) is 12.5. The predicted molar refractivity (Wildman–Crippen MR) is 86.2 cm³/mol. The molecule has 0 saturated carbocycles. The Morgan fingerprint density at radius 3 is 2.75 bits per heavy atom. The van der Waals surface area contributed by atoms with Gasteiger partial charge < -0.3 is 9.64 Å². The molecule has 2 rings (SSSR count). The number of ether oxygens (including phenoxy) is 1. The number of nitrogens with zero attached hydrogens (tertiary/aromatic N) is 1. The van der Waals surface area contributed by atoms with Crippen molar-refractivity contribution in [1.29, 1.82) is 0 Å². The fourth-order valence-electron chi connectivity index (χ4n) is 2.08. The summed E-state index contributed by atoms with van der Waals surface area (Å²) in [5.41, 5.74) is 0.412. The molecule has 0 atom stereocenters. The van der Waals surface area contributed by atoms with Gasteiger partial charge in [0.1, 0.15) is 6.61 Å². The molecule has 0 N–H and O–H groups in total. The number of hydrogen-bond acceptors (Lipinski definition) is 2. The summed E-state index contributed by atoms with van der Waals surface area (Å²) in [5, 5.41) is 0. The van der Waals surface area contributed by atoms with E-state index >= 15 is 0 Å². The molecule has 0 saturated heterocycles. The van der Waals surface area contributed by atoms with Gasteiger partial charge in [-0.3, -0.25) is 0 Å². The Kier molecular flexibility index (Phi) is 8.28. The maximum atomic E-state index is 14.3. The SMILES string of the molecule is C#CCOc1cccc(F)c1C1=[C-]C=C(Br)C(=C)N1CC(F)F.[Y]. The Balaban J connectivity index is 0.00000288. The number of allylic oxidation sites excluding steroid dienone is 3. The molecular formula is C17H12BrF3NOY-. The van der Waals surface area contributed by atoms with Crippen LogP contribution in [0.3, 0.4) is 0 Å². The third-order valence-corrected chi connectivity index (χ3v) is 3.74. The van der Waals surface area contributed by atoms with Gasteiger partial charge in [-0.2, -0.15) is 12.2 Å². The molecule has 0 fully saturated rings. The molecule has 0 unspecified atom stereocenters. The quantitative estimate of drug-likeness (QED) is 0.467. The summed E-state index contributed by atoms with van der Waals surface area (Å²) in [5.74, 6) is 1.81. The van der Waals surface area contributed by atoms with Gasteiger partial charge in [0.15, 0.2) is 0 Å². The van der Waals surface area contributed by atoms with Crippen molar-refractivity contribution in [1.82, 2.24) is 4.90 Å². The summed E-state index contributed by atoms with van der Waals surface area (Å²) in [4.78, 5) is 1.19. The van der Waals surface area contributed by atoms with Crippen LogP contribution in [0.15, 0.2) is 41.0 Å². The normalized spacial score (nSPS) is 13.8. The summed E-state index contributed by atoms with van der Waals surface area (Å²) >= 11 is 3.21. The van der Waals surface area contributed by atoms with Crippen LogP contribution in [0.1, 0.15) is 5.56 Å². The van der Waals surface area contributed by atoms with Gasteiger partial charge >= 0.3 is 0 Å². The molecule has 1 aliphatic rings. The van der Waals surface area contributed by atoms with Crippen molar-refractivity contribution in [2.75, 3.05) is 13.2 Å². The van der Waals surface area contributed by atoms with E-state index < -0.39 is 18.8 Å². The number of halogens is 4. The van der Waals surface area contributed by atoms with Crippen LogP contribution < -0.4 is 4.74 Å². The second kappa shape index (κ2) is 9.46. The largest absolute Gasteiger partial charge is 0.493 e. The van der Waals surface area contributed by atoms with Crippen molar-refractivity contribution in [3.63, 3.8) is 0 Å². The second-order valence-corrected chi connectivity index (χ2v) is 5.39. The standard InChI is InChI=1S/C17H12BrF3NO.Y/c1-3-9-23-15-6-4-5-13(19)17(15)14-8-7-12(18)11(2)22(14)10-16(20)21;/h1,4-7,16H,2,9-10H2;/q-1;. The van der Waals surface area contributed by atoms with Crippen molar-refractivity contribution in [2.24, 2.45) is 0 Å². The fraction of sp³-hybridized carbons (Fsp3) is 0.176. The van der Waals surface area contributed by atoms with Crippen LogP contribution in [-0.4, -0.2) is 24.5 Å². The minimum absolute atomic E-state index is 0. The average molecular weight is 472 g/mol. The summed E-state index contributed by atoms with van der Waals surface area (Å²) in [6.45, 7) is 3.03. The predicted octanol–water partition coefficient (Wildman–Crippen LogP) is 4.35. The Bertz CT molecular complexity index is 725.